The lowest BCUT2D eigenvalue weighted by Crippen LogP contribution is -2.44. The van der Waals surface area contributed by atoms with Gasteiger partial charge >= 0.3 is 0 Å². The van der Waals surface area contributed by atoms with Crippen molar-refractivity contribution in [3.8, 4) is 0 Å². The van der Waals surface area contributed by atoms with Crippen LogP contribution in [0.5, 0.6) is 0 Å². The van der Waals surface area contributed by atoms with Crippen molar-refractivity contribution in [2.45, 2.75) is 65.8 Å². The van der Waals surface area contributed by atoms with Crippen LogP contribution in [0.25, 0.3) is 0 Å². The van der Waals surface area contributed by atoms with Crippen LogP contribution >= 0.6 is 0 Å². The van der Waals surface area contributed by atoms with E-state index in [1.54, 1.807) is 0 Å². The van der Waals surface area contributed by atoms with Crippen LogP contribution in [0.4, 0.5) is 0 Å². The normalized spacial score (nSPS) is 35.2. The van der Waals surface area contributed by atoms with Crippen LogP contribution in [0.2, 0.25) is 0 Å². The van der Waals surface area contributed by atoms with Gasteiger partial charge in [-0.15, -0.1) is 0 Å². The molecular weight excluding hydrogens is 232 g/mol. The molecule has 1 N–H and O–H groups in total. The van der Waals surface area contributed by atoms with Crippen molar-refractivity contribution in [3.63, 3.8) is 0 Å². The average molecular weight is 266 g/mol. The summed E-state index contributed by atoms with van der Waals surface area (Å²) in [6, 6.07) is 0.698. The molecule has 2 aliphatic rings. The number of hydrogen-bond donors (Lipinski definition) is 1. The molecule has 2 rings (SSSR count). The summed E-state index contributed by atoms with van der Waals surface area (Å²) in [5.74, 6) is 0.848. The monoisotopic (exact) mass is 266 g/mol. The fourth-order valence-corrected chi connectivity index (χ4v) is 4.33. The Morgan fingerprint density at radius 1 is 1.05 bits per heavy atom. The molecule has 1 aliphatic heterocycles. The van der Waals surface area contributed by atoms with E-state index >= 15 is 0 Å². The van der Waals surface area contributed by atoms with Crippen molar-refractivity contribution in [1.29, 1.82) is 0 Å². The second-order valence-corrected chi connectivity index (χ2v) is 8.37. The lowest BCUT2D eigenvalue weighted by atomic mass is 9.84. The maximum absolute atomic E-state index is 3.60. The summed E-state index contributed by atoms with van der Waals surface area (Å²) in [4.78, 5) is 2.74. The Bertz CT molecular complexity index is 296. The average Bonchev–Trinajstić information content (AvgIpc) is 2.48. The molecule has 2 atom stereocenters. The molecule has 0 spiro atoms. The molecule has 0 aromatic carbocycles. The van der Waals surface area contributed by atoms with Crippen molar-refractivity contribution in [1.82, 2.24) is 10.2 Å². The smallest absolute Gasteiger partial charge is 0.0156 e. The lowest BCUT2D eigenvalue weighted by Gasteiger charge is -2.33. The van der Waals surface area contributed by atoms with E-state index in [1.807, 2.05) is 0 Å². The molecule has 0 aromatic rings. The van der Waals surface area contributed by atoms with E-state index in [-0.39, 0.29) is 0 Å². The first-order valence-corrected chi connectivity index (χ1v) is 8.24. The van der Waals surface area contributed by atoms with Gasteiger partial charge in [-0.25, -0.2) is 0 Å². The second kappa shape index (κ2) is 5.73. The Balaban J connectivity index is 1.91. The van der Waals surface area contributed by atoms with Crippen LogP contribution in [0.3, 0.4) is 0 Å². The number of hydrogen-bond acceptors (Lipinski definition) is 2. The summed E-state index contributed by atoms with van der Waals surface area (Å²) in [6.45, 7) is 13.7. The molecular formula is C17H34N2. The maximum Gasteiger partial charge on any atom is 0.0156 e. The van der Waals surface area contributed by atoms with Gasteiger partial charge in [-0.3, -0.25) is 0 Å². The van der Waals surface area contributed by atoms with Crippen LogP contribution in [0.1, 0.15) is 59.8 Å². The van der Waals surface area contributed by atoms with E-state index in [4.69, 9.17) is 0 Å². The van der Waals surface area contributed by atoms with Gasteiger partial charge in [-0.05, 0) is 69.0 Å². The van der Waals surface area contributed by atoms with Crippen molar-refractivity contribution in [2.75, 3.05) is 26.7 Å². The predicted molar refractivity (Wildman–Crippen MR) is 83.4 cm³/mol. The van der Waals surface area contributed by atoms with Crippen LogP contribution in [0.15, 0.2) is 0 Å². The fourth-order valence-electron chi connectivity index (χ4n) is 4.33. The summed E-state index contributed by atoms with van der Waals surface area (Å²) in [7, 11) is 2.15. The van der Waals surface area contributed by atoms with E-state index in [2.05, 4.69) is 45.0 Å². The van der Waals surface area contributed by atoms with Crippen molar-refractivity contribution < 1.29 is 0 Å². The van der Waals surface area contributed by atoms with Crippen LogP contribution < -0.4 is 5.32 Å². The van der Waals surface area contributed by atoms with Crippen LogP contribution in [0, 0.1) is 16.7 Å². The number of rotatable bonds is 3. The Morgan fingerprint density at radius 3 is 2.47 bits per heavy atom. The zero-order valence-electron chi connectivity index (χ0n) is 13.8. The zero-order chi connectivity index (χ0) is 14.1. The maximum atomic E-state index is 3.60. The largest absolute Gasteiger partial charge is 0.316 e. The first-order chi connectivity index (χ1) is 8.84. The third-order valence-electron chi connectivity index (χ3n) is 5.71. The summed E-state index contributed by atoms with van der Waals surface area (Å²) >= 11 is 0. The molecule has 1 saturated carbocycles. The highest BCUT2D eigenvalue weighted by molar-refractivity contribution is 4.96. The van der Waals surface area contributed by atoms with E-state index in [1.165, 1.54) is 51.7 Å². The van der Waals surface area contributed by atoms with E-state index in [0.717, 1.165) is 5.92 Å². The van der Waals surface area contributed by atoms with Gasteiger partial charge in [-0.1, -0.05) is 27.7 Å². The topological polar surface area (TPSA) is 15.3 Å². The highest BCUT2D eigenvalue weighted by atomic mass is 15.1. The zero-order valence-corrected chi connectivity index (χ0v) is 13.8. The van der Waals surface area contributed by atoms with Crippen molar-refractivity contribution >= 4 is 0 Å². The Labute approximate surface area is 120 Å². The highest BCUT2D eigenvalue weighted by Crippen LogP contribution is 2.42. The first kappa shape index (κ1) is 15.3. The standard InChI is InChI=1S/C17H34N2/c1-16(2)8-6-11-19(12-10-16)13-14-7-9-17(3,4)15(14)18-5/h14-15,18H,6-13H2,1-5H3. The lowest BCUT2D eigenvalue weighted by molar-refractivity contribution is 0.188. The summed E-state index contributed by atoms with van der Waals surface area (Å²) < 4.78 is 0. The van der Waals surface area contributed by atoms with E-state index in [9.17, 15) is 0 Å². The van der Waals surface area contributed by atoms with E-state index in [0.29, 0.717) is 16.9 Å². The molecule has 2 unspecified atom stereocenters. The summed E-state index contributed by atoms with van der Waals surface area (Å²) in [5.41, 5.74) is 1.04. The van der Waals surface area contributed by atoms with Gasteiger partial charge in [0, 0.05) is 12.6 Å². The fraction of sp³-hybridized carbons (Fsp3) is 1.00. The molecule has 1 heterocycles. The third-order valence-corrected chi connectivity index (χ3v) is 5.71. The molecule has 112 valence electrons. The van der Waals surface area contributed by atoms with Gasteiger partial charge in [-0.2, -0.15) is 0 Å². The Kier molecular flexibility index (Phi) is 4.62. The molecule has 1 aliphatic carbocycles. The quantitative estimate of drug-likeness (QED) is 0.841. The minimum Gasteiger partial charge on any atom is -0.316 e. The minimum atomic E-state index is 0.477. The molecule has 0 radical (unpaired) electrons. The molecule has 1 saturated heterocycles. The number of nitrogens with zero attached hydrogens (tertiary/aromatic N) is 1. The molecule has 19 heavy (non-hydrogen) atoms. The number of likely N-dealkylation sites (tertiary alicyclic amines) is 1. The van der Waals surface area contributed by atoms with Crippen LogP contribution in [-0.2, 0) is 0 Å². The molecule has 2 fully saturated rings. The summed E-state index contributed by atoms with van der Waals surface area (Å²) in [6.07, 6.45) is 6.93. The van der Waals surface area contributed by atoms with Gasteiger partial charge in [0.15, 0.2) is 0 Å². The van der Waals surface area contributed by atoms with Gasteiger partial charge in [0.05, 0.1) is 0 Å². The molecule has 0 bridgehead atoms. The number of nitrogens with one attached hydrogen (secondary N) is 1. The molecule has 2 nitrogen and oxygen atoms in total. The van der Waals surface area contributed by atoms with Crippen molar-refractivity contribution in [3.05, 3.63) is 0 Å². The molecule has 2 heteroatoms. The first-order valence-electron chi connectivity index (χ1n) is 8.24. The van der Waals surface area contributed by atoms with Crippen LogP contribution in [-0.4, -0.2) is 37.6 Å². The Hall–Kier alpha value is -0.0800. The SMILES string of the molecule is CNC1C(CN2CCCC(C)(C)CC2)CCC1(C)C. The van der Waals surface area contributed by atoms with E-state index < -0.39 is 0 Å². The minimum absolute atomic E-state index is 0.477. The highest BCUT2D eigenvalue weighted by Gasteiger charge is 2.41. The van der Waals surface area contributed by atoms with Gasteiger partial charge in [0.1, 0.15) is 0 Å². The summed E-state index contributed by atoms with van der Waals surface area (Å²) in [5, 5.41) is 3.60. The predicted octanol–water partition coefficient (Wildman–Crippen LogP) is 3.52. The second-order valence-electron chi connectivity index (χ2n) is 8.37. The van der Waals surface area contributed by atoms with Gasteiger partial charge < -0.3 is 10.2 Å². The third kappa shape index (κ3) is 3.72. The Morgan fingerprint density at radius 2 is 1.79 bits per heavy atom. The molecule has 0 amide bonds. The van der Waals surface area contributed by atoms with Crippen molar-refractivity contribution in [2.24, 2.45) is 16.7 Å². The van der Waals surface area contributed by atoms with Gasteiger partial charge in [0.2, 0.25) is 0 Å². The molecule has 0 aromatic heterocycles. The van der Waals surface area contributed by atoms with Gasteiger partial charge in [0.25, 0.3) is 0 Å².